The van der Waals surface area contributed by atoms with Gasteiger partial charge in [-0.3, -0.25) is 4.79 Å². The highest BCUT2D eigenvalue weighted by Crippen LogP contribution is 2.47. The molecule has 1 fully saturated rings. The van der Waals surface area contributed by atoms with Crippen LogP contribution >= 0.6 is 27.5 Å². The van der Waals surface area contributed by atoms with E-state index in [4.69, 9.17) is 11.6 Å². The maximum Gasteiger partial charge on any atom is 0.227 e. The number of rotatable bonds is 1. The number of carbonyl (C=O) groups excluding carboxylic acids is 1. The van der Waals surface area contributed by atoms with Crippen LogP contribution in [0.3, 0.4) is 0 Å². The first-order chi connectivity index (χ1) is 11.0. The minimum absolute atomic E-state index is 0.197. The normalized spacial score (nSPS) is 22.7. The summed E-state index contributed by atoms with van der Waals surface area (Å²) >= 11 is 9.58. The van der Waals surface area contributed by atoms with E-state index in [2.05, 4.69) is 35.0 Å². The van der Waals surface area contributed by atoms with E-state index in [1.165, 1.54) is 0 Å². The van der Waals surface area contributed by atoms with Gasteiger partial charge in [0.15, 0.2) is 0 Å². The molecule has 0 N–H and O–H groups in total. The van der Waals surface area contributed by atoms with Crippen LogP contribution in [0.2, 0.25) is 5.02 Å². The van der Waals surface area contributed by atoms with Crippen molar-refractivity contribution in [2.24, 2.45) is 0 Å². The summed E-state index contributed by atoms with van der Waals surface area (Å²) < 4.78 is 1.01. The molecule has 0 radical (unpaired) electrons. The summed E-state index contributed by atoms with van der Waals surface area (Å²) in [7, 11) is 0. The summed E-state index contributed by atoms with van der Waals surface area (Å²) in [5.41, 5.74) is 4.09. The number of fused-ring (bicyclic) bond motifs is 3. The van der Waals surface area contributed by atoms with Gasteiger partial charge in [-0.25, -0.2) is 0 Å². The highest BCUT2D eigenvalue weighted by Gasteiger charge is 2.44. The summed E-state index contributed by atoms with van der Waals surface area (Å²) in [4.78, 5) is 14.4. The van der Waals surface area contributed by atoms with E-state index in [9.17, 15) is 4.79 Å². The van der Waals surface area contributed by atoms with Gasteiger partial charge in [0.1, 0.15) is 0 Å². The summed E-state index contributed by atoms with van der Waals surface area (Å²) in [6.07, 6.45) is 3.67. The van der Waals surface area contributed by atoms with Crippen molar-refractivity contribution < 1.29 is 4.79 Å². The molecule has 0 bridgehead atoms. The third-order valence-electron chi connectivity index (χ3n) is 4.71. The van der Waals surface area contributed by atoms with Gasteiger partial charge >= 0.3 is 0 Å². The van der Waals surface area contributed by atoms with Crippen molar-refractivity contribution in [3.05, 3.63) is 69.2 Å². The Balaban J connectivity index is 1.97. The van der Waals surface area contributed by atoms with E-state index in [1.54, 1.807) is 0 Å². The second-order valence-corrected chi connectivity index (χ2v) is 7.66. The Bertz CT molecular complexity index is 843. The minimum Gasteiger partial charge on any atom is -0.302 e. The zero-order valence-electron chi connectivity index (χ0n) is 12.6. The maximum absolute atomic E-state index is 12.4. The summed E-state index contributed by atoms with van der Waals surface area (Å²) in [5, 5.41) is 0.725. The zero-order chi connectivity index (χ0) is 16.2. The lowest BCUT2D eigenvalue weighted by molar-refractivity contribution is -0.117. The van der Waals surface area contributed by atoms with Gasteiger partial charge in [0.2, 0.25) is 5.91 Å². The highest BCUT2D eigenvalue weighted by molar-refractivity contribution is 9.10. The Kier molecular flexibility index (Phi) is 3.40. The van der Waals surface area contributed by atoms with Crippen LogP contribution in [-0.4, -0.2) is 11.4 Å². The molecule has 0 aromatic heterocycles. The van der Waals surface area contributed by atoms with E-state index in [0.717, 1.165) is 38.3 Å². The first kappa shape index (κ1) is 15.0. The molecular formula is C19H15BrClNO. The fourth-order valence-corrected chi connectivity index (χ4v) is 4.08. The molecule has 23 heavy (non-hydrogen) atoms. The number of amides is 1. The lowest BCUT2D eigenvalue weighted by Crippen LogP contribution is -2.44. The van der Waals surface area contributed by atoms with Crippen molar-refractivity contribution in [2.45, 2.75) is 25.3 Å². The van der Waals surface area contributed by atoms with Crippen LogP contribution in [0.15, 0.2) is 53.0 Å². The Morgan fingerprint density at radius 3 is 2.65 bits per heavy atom. The molecule has 2 aromatic rings. The van der Waals surface area contributed by atoms with E-state index >= 15 is 0 Å². The van der Waals surface area contributed by atoms with Crippen LogP contribution in [-0.2, 0) is 4.79 Å². The number of carbonyl (C=O) groups is 1. The van der Waals surface area contributed by atoms with Gasteiger partial charge in [-0.1, -0.05) is 45.7 Å². The minimum atomic E-state index is -0.257. The molecule has 1 saturated heterocycles. The van der Waals surface area contributed by atoms with Gasteiger partial charge < -0.3 is 4.90 Å². The van der Waals surface area contributed by atoms with Gasteiger partial charge in [0.05, 0.1) is 11.2 Å². The van der Waals surface area contributed by atoms with Crippen molar-refractivity contribution in [2.75, 3.05) is 4.90 Å². The molecule has 1 amide bonds. The van der Waals surface area contributed by atoms with E-state index in [0.29, 0.717) is 6.42 Å². The first-order valence-electron chi connectivity index (χ1n) is 7.60. The molecule has 2 nitrogen and oxygen atoms in total. The molecule has 0 spiro atoms. The monoisotopic (exact) mass is 387 g/mol. The topological polar surface area (TPSA) is 20.3 Å². The number of anilines is 1. The molecule has 2 aliphatic rings. The quantitative estimate of drug-likeness (QED) is 0.637. The van der Waals surface area contributed by atoms with Crippen LogP contribution in [0.25, 0.3) is 5.57 Å². The predicted molar refractivity (Wildman–Crippen MR) is 97.8 cm³/mol. The van der Waals surface area contributed by atoms with Crippen LogP contribution in [0.5, 0.6) is 0 Å². The first-order valence-corrected chi connectivity index (χ1v) is 8.77. The summed E-state index contributed by atoms with van der Waals surface area (Å²) in [6, 6.07) is 14.0. The predicted octanol–water partition coefficient (Wildman–Crippen LogP) is 5.43. The Labute approximate surface area is 148 Å². The van der Waals surface area contributed by atoms with Crippen molar-refractivity contribution >= 4 is 44.7 Å². The lowest BCUT2D eigenvalue weighted by atomic mass is 9.84. The lowest BCUT2D eigenvalue weighted by Gasteiger charge is -2.39. The summed E-state index contributed by atoms with van der Waals surface area (Å²) in [6.45, 7) is 2.14. The average Bonchev–Trinajstić information content (AvgIpc) is 2.83. The van der Waals surface area contributed by atoms with Gasteiger partial charge in [0, 0.05) is 21.5 Å². The highest BCUT2D eigenvalue weighted by atomic mass is 79.9. The molecule has 116 valence electrons. The van der Waals surface area contributed by atoms with E-state index in [1.807, 2.05) is 41.3 Å². The standard InChI is InChI=1S/C19H15BrClNO/c1-19-9-8-18(23)22(19)17-7-4-13(20)10-15(17)16(11-19)12-2-5-14(21)6-3-12/h2-7,10-11H,8-9H2,1H3. The molecule has 2 aromatic carbocycles. The van der Waals surface area contributed by atoms with E-state index < -0.39 is 0 Å². The van der Waals surface area contributed by atoms with E-state index in [-0.39, 0.29) is 11.4 Å². The van der Waals surface area contributed by atoms with Crippen LogP contribution in [0.1, 0.15) is 30.9 Å². The molecule has 2 aliphatic heterocycles. The van der Waals surface area contributed by atoms with Crippen LogP contribution in [0.4, 0.5) is 5.69 Å². The van der Waals surface area contributed by atoms with Gasteiger partial charge in [0.25, 0.3) is 0 Å². The third-order valence-corrected chi connectivity index (χ3v) is 5.45. The Morgan fingerprint density at radius 2 is 1.91 bits per heavy atom. The number of halogens is 2. The molecule has 1 atom stereocenters. The smallest absolute Gasteiger partial charge is 0.227 e. The van der Waals surface area contributed by atoms with Gasteiger partial charge in [-0.2, -0.15) is 0 Å². The van der Waals surface area contributed by atoms with Crippen molar-refractivity contribution in [1.82, 2.24) is 0 Å². The van der Waals surface area contributed by atoms with Crippen molar-refractivity contribution in [3.8, 4) is 0 Å². The zero-order valence-corrected chi connectivity index (χ0v) is 15.0. The molecular weight excluding hydrogens is 374 g/mol. The number of hydrogen-bond acceptors (Lipinski definition) is 1. The number of benzene rings is 2. The average molecular weight is 389 g/mol. The number of nitrogens with zero attached hydrogens (tertiary/aromatic N) is 1. The molecule has 0 saturated carbocycles. The number of hydrogen-bond donors (Lipinski definition) is 0. The molecule has 0 aliphatic carbocycles. The third kappa shape index (κ3) is 2.34. The van der Waals surface area contributed by atoms with Crippen molar-refractivity contribution in [3.63, 3.8) is 0 Å². The van der Waals surface area contributed by atoms with Gasteiger partial charge in [-0.05, 0) is 54.8 Å². The second kappa shape index (κ2) is 5.22. The van der Waals surface area contributed by atoms with Crippen molar-refractivity contribution in [1.29, 1.82) is 0 Å². The fourth-order valence-electron chi connectivity index (χ4n) is 3.59. The maximum atomic E-state index is 12.4. The Hall–Kier alpha value is -1.58. The van der Waals surface area contributed by atoms with Crippen LogP contribution in [0, 0.1) is 0 Å². The summed E-state index contributed by atoms with van der Waals surface area (Å²) in [5.74, 6) is 0.197. The Morgan fingerprint density at radius 1 is 1.17 bits per heavy atom. The fraction of sp³-hybridized carbons (Fsp3) is 0.211. The van der Waals surface area contributed by atoms with Crippen LogP contribution < -0.4 is 4.90 Å². The molecule has 4 heteroatoms. The SMILES string of the molecule is CC12C=C(c3ccc(Cl)cc3)c3cc(Br)ccc3N1C(=O)CC2. The molecule has 1 unspecified atom stereocenters. The second-order valence-electron chi connectivity index (χ2n) is 6.31. The van der Waals surface area contributed by atoms with Gasteiger partial charge in [-0.15, -0.1) is 0 Å². The largest absolute Gasteiger partial charge is 0.302 e. The molecule has 4 rings (SSSR count). The molecule has 2 heterocycles.